The van der Waals surface area contributed by atoms with E-state index in [9.17, 15) is 4.79 Å². The lowest BCUT2D eigenvalue weighted by Gasteiger charge is -2.03. The van der Waals surface area contributed by atoms with Crippen LogP contribution in [-0.4, -0.2) is 18.2 Å². The Labute approximate surface area is 120 Å². The summed E-state index contributed by atoms with van der Waals surface area (Å²) in [6.45, 7) is 0. The Morgan fingerprint density at radius 2 is 1.90 bits per heavy atom. The maximum absolute atomic E-state index is 11.1. The SMILES string of the molecule is COc1ccc(-c2csc3ccc(C(=O)O)cc23)cc1. The van der Waals surface area contributed by atoms with Gasteiger partial charge in [0.2, 0.25) is 0 Å². The van der Waals surface area contributed by atoms with E-state index in [1.807, 2.05) is 30.3 Å². The lowest BCUT2D eigenvalue weighted by Crippen LogP contribution is -1.94. The largest absolute Gasteiger partial charge is 0.497 e. The average Bonchev–Trinajstić information content (AvgIpc) is 2.90. The highest BCUT2D eigenvalue weighted by Gasteiger charge is 2.10. The van der Waals surface area contributed by atoms with Crippen LogP contribution in [0.15, 0.2) is 47.8 Å². The number of thiophene rings is 1. The van der Waals surface area contributed by atoms with Gasteiger partial charge in [0.15, 0.2) is 0 Å². The summed E-state index contributed by atoms with van der Waals surface area (Å²) in [5.41, 5.74) is 2.42. The van der Waals surface area contributed by atoms with Crippen molar-refractivity contribution in [3.8, 4) is 16.9 Å². The molecule has 4 heteroatoms. The van der Waals surface area contributed by atoms with Gasteiger partial charge in [-0.05, 0) is 41.3 Å². The van der Waals surface area contributed by atoms with E-state index < -0.39 is 5.97 Å². The quantitative estimate of drug-likeness (QED) is 0.781. The van der Waals surface area contributed by atoms with Crippen LogP contribution in [0.5, 0.6) is 5.75 Å². The van der Waals surface area contributed by atoms with Crippen LogP contribution in [0, 0.1) is 0 Å². The fraction of sp³-hybridized carbons (Fsp3) is 0.0625. The van der Waals surface area contributed by atoms with Gasteiger partial charge in [-0.25, -0.2) is 4.79 Å². The predicted molar refractivity (Wildman–Crippen MR) is 80.8 cm³/mol. The zero-order valence-electron chi connectivity index (χ0n) is 10.8. The molecule has 0 saturated heterocycles. The van der Waals surface area contributed by atoms with Crippen LogP contribution in [0.1, 0.15) is 10.4 Å². The topological polar surface area (TPSA) is 46.5 Å². The van der Waals surface area contributed by atoms with Gasteiger partial charge in [0, 0.05) is 15.6 Å². The number of carbonyl (C=O) groups is 1. The Hall–Kier alpha value is -2.33. The van der Waals surface area contributed by atoms with Crippen molar-refractivity contribution in [2.45, 2.75) is 0 Å². The van der Waals surface area contributed by atoms with Gasteiger partial charge in [-0.15, -0.1) is 11.3 Å². The molecule has 3 aromatic rings. The third-order valence-corrected chi connectivity index (χ3v) is 4.18. The van der Waals surface area contributed by atoms with Gasteiger partial charge < -0.3 is 9.84 Å². The highest BCUT2D eigenvalue weighted by molar-refractivity contribution is 7.17. The molecular weight excluding hydrogens is 272 g/mol. The molecular formula is C16H12O3S. The summed E-state index contributed by atoms with van der Waals surface area (Å²) in [7, 11) is 1.63. The van der Waals surface area contributed by atoms with Crippen molar-refractivity contribution in [3.05, 3.63) is 53.4 Å². The number of aromatic carboxylic acids is 1. The first-order valence-corrected chi connectivity index (χ1v) is 6.96. The molecule has 0 aliphatic rings. The normalized spacial score (nSPS) is 10.7. The van der Waals surface area contributed by atoms with Gasteiger partial charge in [-0.3, -0.25) is 0 Å². The molecule has 1 N–H and O–H groups in total. The number of fused-ring (bicyclic) bond motifs is 1. The summed E-state index contributed by atoms with van der Waals surface area (Å²) in [4.78, 5) is 11.1. The Morgan fingerprint density at radius 1 is 1.15 bits per heavy atom. The van der Waals surface area contributed by atoms with E-state index in [1.165, 1.54) is 0 Å². The maximum atomic E-state index is 11.1. The molecule has 1 heterocycles. The second kappa shape index (κ2) is 4.98. The van der Waals surface area contributed by atoms with E-state index in [4.69, 9.17) is 9.84 Å². The molecule has 1 aromatic heterocycles. The van der Waals surface area contributed by atoms with Crippen molar-refractivity contribution in [3.63, 3.8) is 0 Å². The standard InChI is InChI=1S/C16H12O3S/c1-19-12-5-2-10(3-6-12)14-9-20-15-7-4-11(16(17)18)8-13(14)15/h2-9H,1H3,(H,17,18). The number of ether oxygens (including phenoxy) is 1. The first-order chi connectivity index (χ1) is 9.69. The number of carboxylic acids is 1. The minimum absolute atomic E-state index is 0.311. The molecule has 2 aromatic carbocycles. The van der Waals surface area contributed by atoms with Crippen molar-refractivity contribution >= 4 is 27.4 Å². The van der Waals surface area contributed by atoms with E-state index in [0.29, 0.717) is 5.56 Å². The fourth-order valence-electron chi connectivity index (χ4n) is 2.16. The monoisotopic (exact) mass is 284 g/mol. The van der Waals surface area contributed by atoms with Crippen LogP contribution >= 0.6 is 11.3 Å². The van der Waals surface area contributed by atoms with Gasteiger partial charge in [0.1, 0.15) is 5.75 Å². The lowest BCUT2D eigenvalue weighted by molar-refractivity contribution is 0.0697. The summed E-state index contributed by atoms with van der Waals surface area (Å²) in [6.07, 6.45) is 0. The predicted octanol–water partition coefficient (Wildman–Crippen LogP) is 4.28. The van der Waals surface area contributed by atoms with Crippen molar-refractivity contribution in [1.82, 2.24) is 0 Å². The Kier molecular flexibility index (Phi) is 3.16. The van der Waals surface area contributed by atoms with Crippen LogP contribution in [-0.2, 0) is 0 Å². The minimum atomic E-state index is -0.904. The second-order valence-electron chi connectivity index (χ2n) is 4.39. The number of carboxylic acid groups (broad SMARTS) is 1. The van der Waals surface area contributed by atoms with Crippen LogP contribution < -0.4 is 4.74 Å². The smallest absolute Gasteiger partial charge is 0.335 e. The highest BCUT2D eigenvalue weighted by atomic mass is 32.1. The number of rotatable bonds is 3. The van der Waals surface area contributed by atoms with Gasteiger partial charge in [-0.1, -0.05) is 12.1 Å². The number of hydrogen-bond donors (Lipinski definition) is 1. The van der Waals surface area contributed by atoms with Gasteiger partial charge >= 0.3 is 5.97 Å². The molecule has 0 atom stereocenters. The summed E-state index contributed by atoms with van der Waals surface area (Å²) >= 11 is 1.61. The van der Waals surface area contributed by atoms with Crippen molar-refractivity contribution in [2.75, 3.05) is 7.11 Å². The molecule has 0 fully saturated rings. The Balaban J connectivity index is 2.14. The molecule has 0 saturated carbocycles. The molecule has 0 spiro atoms. The molecule has 0 aliphatic carbocycles. The third-order valence-electron chi connectivity index (χ3n) is 3.22. The first-order valence-electron chi connectivity index (χ1n) is 6.08. The molecule has 0 radical (unpaired) electrons. The zero-order valence-corrected chi connectivity index (χ0v) is 11.6. The van der Waals surface area contributed by atoms with E-state index in [-0.39, 0.29) is 0 Å². The zero-order chi connectivity index (χ0) is 14.1. The molecule has 0 aliphatic heterocycles. The van der Waals surface area contributed by atoms with Gasteiger partial charge in [-0.2, -0.15) is 0 Å². The minimum Gasteiger partial charge on any atom is -0.497 e. The van der Waals surface area contributed by atoms with E-state index in [0.717, 1.165) is 27.0 Å². The van der Waals surface area contributed by atoms with E-state index >= 15 is 0 Å². The first kappa shape index (κ1) is 12.7. The van der Waals surface area contributed by atoms with Crippen molar-refractivity contribution in [2.24, 2.45) is 0 Å². The lowest BCUT2D eigenvalue weighted by atomic mass is 10.0. The van der Waals surface area contributed by atoms with E-state index in [2.05, 4.69) is 5.38 Å². The summed E-state index contributed by atoms with van der Waals surface area (Å²) in [5, 5.41) is 12.1. The van der Waals surface area contributed by atoms with Crippen LogP contribution in [0.25, 0.3) is 21.2 Å². The van der Waals surface area contributed by atoms with Crippen LogP contribution in [0.4, 0.5) is 0 Å². The van der Waals surface area contributed by atoms with Gasteiger partial charge in [0.05, 0.1) is 12.7 Å². The molecule has 3 rings (SSSR count). The van der Waals surface area contributed by atoms with E-state index in [1.54, 1.807) is 30.6 Å². The Bertz CT molecular complexity index is 772. The van der Waals surface area contributed by atoms with Crippen molar-refractivity contribution in [1.29, 1.82) is 0 Å². The fourth-order valence-corrected chi connectivity index (χ4v) is 3.11. The average molecular weight is 284 g/mol. The summed E-state index contributed by atoms with van der Waals surface area (Å²) in [6, 6.07) is 13.0. The number of hydrogen-bond acceptors (Lipinski definition) is 3. The number of benzene rings is 2. The molecule has 3 nitrogen and oxygen atoms in total. The Morgan fingerprint density at radius 3 is 2.55 bits per heavy atom. The number of methoxy groups -OCH3 is 1. The summed E-state index contributed by atoms with van der Waals surface area (Å²) in [5.74, 6) is -0.0988. The molecule has 0 unspecified atom stereocenters. The maximum Gasteiger partial charge on any atom is 0.335 e. The van der Waals surface area contributed by atoms with Crippen molar-refractivity contribution < 1.29 is 14.6 Å². The van der Waals surface area contributed by atoms with Crippen LogP contribution in [0.2, 0.25) is 0 Å². The molecule has 0 amide bonds. The molecule has 20 heavy (non-hydrogen) atoms. The second-order valence-corrected chi connectivity index (χ2v) is 5.31. The molecule has 100 valence electrons. The summed E-state index contributed by atoms with van der Waals surface area (Å²) < 4.78 is 6.23. The highest BCUT2D eigenvalue weighted by Crippen LogP contribution is 2.35. The van der Waals surface area contributed by atoms with Gasteiger partial charge in [0.25, 0.3) is 0 Å². The molecule has 0 bridgehead atoms. The third kappa shape index (κ3) is 2.14. The van der Waals surface area contributed by atoms with Crippen LogP contribution in [0.3, 0.4) is 0 Å².